The first-order chi connectivity index (χ1) is 9.22. The van der Waals surface area contributed by atoms with Crippen molar-refractivity contribution in [1.82, 2.24) is 9.97 Å². The van der Waals surface area contributed by atoms with Gasteiger partial charge in [0.1, 0.15) is 11.6 Å². The molecule has 106 valence electrons. The van der Waals surface area contributed by atoms with Crippen LogP contribution in [0.1, 0.15) is 52.4 Å². The maximum Gasteiger partial charge on any atom is 0.146 e. The third-order valence-corrected chi connectivity index (χ3v) is 3.95. The fraction of sp³-hybridized carbons (Fsp3) is 0.733. The normalized spacial score (nSPS) is 18.0. The summed E-state index contributed by atoms with van der Waals surface area (Å²) in [5.74, 6) is 1.74. The van der Waals surface area contributed by atoms with E-state index in [1.807, 2.05) is 6.20 Å². The van der Waals surface area contributed by atoms with Gasteiger partial charge in [0.25, 0.3) is 0 Å². The fourth-order valence-electron chi connectivity index (χ4n) is 2.68. The Kier molecular flexibility index (Phi) is 5.00. The molecule has 1 aliphatic carbocycles. The van der Waals surface area contributed by atoms with Crippen LogP contribution in [-0.2, 0) is 0 Å². The van der Waals surface area contributed by atoms with Crippen LogP contribution in [0.5, 0.6) is 0 Å². The second-order valence-electron chi connectivity index (χ2n) is 5.94. The SMILES string of the molecule is CCCNc1cncc(NCC2(C)CCCCC2)n1. The third kappa shape index (κ3) is 4.37. The molecule has 0 spiro atoms. The molecule has 1 fully saturated rings. The number of rotatable bonds is 6. The Bertz CT molecular complexity index is 385. The molecule has 2 rings (SSSR count). The van der Waals surface area contributed by atoms with Crippen molar-refractivity contribution in [2.75, 3.05) is 23.7 Å². The number of nitrogens with one attached hydrogen (secondary N) is 2. The van der Waals surface area contributed by atoms with E-state index in [1.54, 1.807) is 6.20 Å². The second kappa shape index (κ2) is 6.73. The molecule has 4 heteroatoms. The summed E-state index contributed by atoms with van der Waals surface area (Å²) in [6, 6.07) is 0. The minimum absolute atomic E-state index is 0.423. The van der Waals surface area contributed by atoms with Gasteiger partial charge in [0.15, 0.2) is 0 Å². The summed E-state index contributed by atoms with van der Waals surface area (Å²) in [5.41, 5.74) is 0.423. The molecule has 19 heavy (non-hydrogen) atoms. The van der Waals surface area contributed by atoms with E-state index in [2.05, 4.69) is 34.4 Å². The van der Waals surface area contributed by atoms with E-state index in [0.29, 0.717) is 5.41 Å². The Morgan fingerprint density at radius 1 is 1.11 bits per heavy atom. The summed E-state index contributed by atoms with van der Waals surface area (Å²) in [4.78, 5) is 8.78. The highest BCUT2D eigenvalue weighted by Gasteiger charge is 2.26. The highest BCUT2D eigenvalue weighted by Crippen LogP contribution is 2.35. The smallest absolute Gasteiger partial charge is 0.146 e. The van der Waals surface area contributed by atoms with E-state index >= 15 is 0 Å². The van der Waals surface area contributed by atoms with E-state index in [4.69, 9.17) is 0 Å². The van der Waals surface area contributed by atoms with Crippen molar-refractivity contribution < 1.29 is 0 Å². The van der Waals surface area contributed by atoms with Gasteiger partial charge in [-0.3, -0.25) is 4.98 Å². The van der Waals surface area contributed by atoms with Crippen LogP contribution in [0.25, 0.3) is 0 Å². The Morgan fingerprint density at radius 3 is 2.47 bits per heavy atom. The molecule has 4 nitrogen and oxygen atoms in total. The van der Waals surface area contributed by atoms with Crippen molar-refractivity contribution in [3.63, 3.8) is 0 Å². The lowest BCUT2D eigenvalue weighted by molar-refractivity contribution is 0.233. The molecule has 1 aromatic rings. The lowest BCUT2D eigenvalue weighted by atomic mass is 9.76. The molecular weight excluding hydrogens is 236 g/mol. The number of hydrogen-bond donors (Lipinski definition) is 2. The van der Waals surface area contributed by atoms with Crippen molar-refractivity contribution in [3.05, 3.63) is 12.4 Å². The molecule has 0 aromatic carbocycles. The molecule has 1 heterocycles. The van der Waals surface area contributed by atoms with Gasteiger partial charge in [0.05, 0.1) is 12.4 Å². The zero-order valence-corrected chi connectivity index (χ0v) is 12.2. The first kappa shape index (κ1) is 14.1. The predicted molar refractivity (Wildman–Crippen MR) is 80.5 cm³/mol. The molecule has 1 saturated carbocycles. The lowest BCUT2D eigenvalue weighted by Gasteiger charge is -2.33. The first-order valence-electron chi connectivity index (χ1n) is 7.52. The van der Waals surface area contributed by atoms with E-state index in [0.717, 1.165) is 31.1 Å². The number of nitrogens with zero attached hydrogens (tertiary/aromatic N) is 2. The van der Waals surface area contributed by atoms with Gasteiger partial charge in [-0.05, 0) is 24.7 Å². The molecule has 1 aliphatic rings. The van der Waals surface area contributed by atoms with Crippen LogP contribution in [-0.4, -0.2) is 23.1 Å². The topological polar surface area (TPSA) is 49.8 Å². The maximum absolute atomic E-state index is 4.54. The summed E-state index contributed by atoms with van der Waals surface area (Å²) in [7, 11) is 0. The van der Waals surface area contributed by atoms with Crippen molar-refractivity contribution in [2.24, 2.45) is 5.41 Å². The van der Waals surface area contributed by atoms with E-state index in [9.17, 15) is 0 Å². The fourth-order valence-corrected chi connectivity index (χ4v) is 2.68. The van der Waals surface area contributed by atoms with Crippen molar-refractivity contribution in [1.29, 1.82) is 0 Å². The molecule has 0 bridgehead atoms. The summed E-state index contributed by atoms with van der Waals surface area (Å²) >= 11 is 0. The summed E-state index contributed by atoms with van der Waals surface area (Å²) in [6.45, 7) is 6.47. The largest absolute Gasteiger partial charge is 0.369 e. The quantitative estimate of drug-likeness (QED) is 0.821. The van der Waals surface area contributed by atoms with Crippen LogP contribution in [0.4, 0.5) is 11.6 Å². The van der Waals surface area contributed by atoms with Gasteiger partial charge in [-0.2, -0.15) is 0 Å². The van der Waals surface area contributed by atoms with E-state index < -0.39 is 0 Å². The Hall–Kier alpha value is -1.32. The Labute approximate surface area is 116 Å². The van der Waals surface area contributed by atoms with Crippen molar-refractivity contribution >= 4 is 11.6 Å². The molecular formula is C15H26N4. The molecule has 0 atom stereocenters. The van der Waals surface area contributed by atoms with E-state index in [-0.39, 0.29) is 0 Å². The first-order valence-corrected chi connectivity index (χ1v) is 7.52. The molecule has 2 N–H and O–H groups in total. The Morgan fingerprint density at radius 2 is 1.79 bits per heavy atom. The maximum atomic E-state index is 4.54. The average Bonchev–Trinajstić information content (AvgIpc) is 2.44. The molecule has 0 radical (unpaired) electrons. The van der Waals surface area contributed by atoms with Gasteiger partial charge >= 0.3 is 0 Å². The van der Waals surface area contributed by atoms with Crippen LogP contribution >= 0.6 is 0 Å². The van der Waals surface area contributed by atoms with Crippen LogP contribution in [0.3, 0.4) is 0 Å². The predicted octanol–water partition coefficient (Wildman–Crippen LogP) is 3.68. The molecule has 1 aromatic heterocycles. The molecule has 0 aliphatic heterocycles. The van der Waals surface area contributed by atoms with Crippen molar-refractivity contribution in [2.45, 2.75) is 52.4 Å². The van der Waals surface area contributed by atoms with Crippen LogP contribution in [0.2, 0.25) is 0 Å². The van der Waals surface area contributed by atoms with Crippen LogP contribution in [0, 0.1) is 5.41 Å². The summed E-state index contributed by atoms with van der Waals surface area (Å²) in [5, 5.41) is 6.73. The zero-order chi connectivity index (χ0) is 13.6. The summed E-state index contributed by atoms with van der Waals surface area (Å²) in [6.07, 6.45) is 11.4. The van der Waals surface area contributed by atoms with Gasteiger partial charge < -0.3 is 10.6 Å². The van der Waals surface area contributed by atoms with Gasteiger partial charge in [-0.15, -0.1) is 0 Å². The molecule has 0 amide bonds. The zero-order valence-electron chi connectivity index (χ0n) is 12.2. The van der Waals surface area contributed by atoms with Crippen molar-refractivity contribution in [3.8, 4) is 0 Å². The van der Waals surface area contributed by atoms with Gasteiger partial charge in [-0.25, -0.2) is 4.98 Å². The van der Waals surface area contributed by atoms with Crippen LogP contribution in [0.15, 0.2) is 12.4 Å². The lowest BCUT2D eigenvalue weighted by Crippen LogP contribution is -2.29. The minimum Gasteiger partial charge on any atom is -0.369 e. The number of aromatic nitrogens is 2. The Balaban J connectivity index is 1.88. The highest BCUT2D eigenvalue weighted by atomic mass is 15.1. The molecule has 0 saturated heterocycles. The minimum atomic E-state index is 0.423. The van der Waals surface area contributed by atoms with Gasteiger partial charge in [-0.1, -0.05) is 33.1 Å². The average molecular weight is 262 g/mol. The number of anilines is 2. The standard InChI is InChI=1S/C15H26N4/c1-3-9-17-13-10-16-11-14(19-13)18-12-15(2)7-5-4-6-8-15/h10-11H,3-9,12H2,1-2H3,(H2,17,18,19). The van der Waals surface area contributed by atoms with Crippen LogP contribution < -0.4 is 10.6 Å². The summed E-state index contributed by atoms with van der Waals surface area (Å²) < 4.78 is 0. The third-order valence-electron chi connectivity index (χ3n) is 3.95. The monoisotopic (exact) mass is 262 g/mol. The van der Waals surface area contributed by atoms with Gasteiger partial charge in [0.2, 0.25) is 0 Å². The highest BCUT2D eigenvalue weighted by molar-refractivity contribution is 5.41. The van der Waals surface area contributed by atoms with E-state index in [1.165, 1.54) is 32.1 Å². The number of hydrogen-bond acceptors (Lipinski definition) is 4. The second-order valence-corrected chi connectivity index (χ2v) is 5.94. The van der Waals surface area contributed by atoms with Gasteiger partial charge in [0, 0.05) is 13.1 Å². The molecule has 0 unspecified atom stereocenters.